The van der Waals surface area contributed by atoms with E-state index >= 15 is 0 Å². The van der Waals surface area contributed by atoms with Crippen molar-refractivity contribution in [1.82, 2.24) is 9.97 Å². The van der Waals surface area contributed by atoms with Crippen LogP contribution in [0.4, 0.5) is 11.5 Å². The maximum atomic E-state index is 12.2. The standard InChI is InChI=1S/C16H18N4O3S/c1-11-4-2-3-5-13(11)20-16(21)14-8-18-15(9-17-14)19-12-6-7-24(22,23)10-12/h2-5,8-9,12H,6-7,10H2,1H3,(H,18,19)(H,20,21). The van der Waals surface area contributed by atoms with Crippen molar-refractivity contribution >= 4 is 27.2 Å². The Bertz CT molecular complexity index is 850. The van der Waals surface area contributed by atoms with Crippen LogP contribution in [0.2, 0.25) is 0 Å². The zero-order chi connectivity index (χ0) is 17.2. The van der Waals surface area contributed by atoms with Gasteiger partial charge < -0.3 is 10.6 Å². The van der Waals surface area contributed by atoms with E-state index in [1.54, 1.807) is 0 Å². The quantitative estimate of drug-likeness (QED) is 0.873. The number of rotatable bonds is 4. The van der Waals surface area contributed by atoms with Gasteiger partial charge in [-0.2, -0.15) is 0 Å². The van der Waals surface area contributed by atoms with Crippen molar-refractivity contribution < 1.29 is 13.2 Å². The number of benzene rings is 1. The number of hydrogen-bond acceptors (Lipinski definition) is 6. The fourth-order valence-corrected chi connectivity index (χ4v) is 4.21. The topological polar surface area (TPSA) is 101 Å². The molecule has 2 heterocycles. The molecule has 7 nitrogen and oxygen atoms in total. The van der Waals surface area contributed by atoms with Crippen LogP contribution in [0.15, 0.2) is 36.7 Å². The van der Waals surface area contributed by atoms with Gasteiger partial charge >= 0.3 is 0 Å². The highest BCUT2D eigenvalue weighted by Crippen LogP contribution is 2.16. The fraction of sp³-hybridized carbons (Fsp3) is 0.312. The molecule has 1 aromatic heterocycles. The summed E-state index contributed by atoms with van der Waals surface area (Å²) < 4.78 is 22.9. The first-order valence-electron chi connectivity index (χ1n) is 7.59. The molecule has 1 unspecified atom stereocenters. The lowest BCUT2D eigenvalue weighted by atomic mass is 10.2. The van der Waals surface area contributed by atoms with E-state index in [2.05, 4.69) is 20.6 Å². The van der Waals surface area contributed by atoms with E-state index in [0.29, 0.717) is 12.2 Å². The first kappa shape index (κ1) is 16.4. The molecule has 2 aromatic rings. The first-order valence-corrected chi connectivity index (χ1v) is 9.41. The molecule has 0 spiro atoms. The van der Waals surface area contributed by atoms with Crippen molar-refractivity contribution in [3.05, 3.63) is 47.9 Å². The van der Waals surface area contributed by atoms with Gasteiger partial charge in [-0.05, 0) is 25.0 Å². The molecule has 0 bridgehead atoms. The smallest absolute Gasteiger partial charge is 0.275 e. The van der Waals surface area contributed by atoms with E-state index in [-0.39, 0.29) is 29.1 Å². The SMILES string of the molecule is Cc1ccccc1NC(=O)c1cnc(NC2CCS(=O)(=O)C2)cn1. The highest BCUT2D eigenvalue weighted by molar-refractivity contribution is 7.91. The van der Waals surface area contributed by atoms with Crippen molar-refractivity contribution in [3.63, 3.8) is 0 Å². The molecule has 8 heteroatoms. The average molecular weight is 346 g/mol. The molecule has 0 radical (unpaired) electrons. The van der Waals surface area contributed by atoms with Crippen molar-refractivity contribution in [2.24, 2.45) is 0 Å². The number of amides is 1. The van der Waals surface area contributed by atoms with E-state index < -0.39 is 9.84 Å². The lowest BCUT2D eigenvalue weighted by Crippen LogP contribution is -2.22. The van der Waals surface area contributed by atoms with Crippen LogP contribution >= 0.6 is 0 Å². The number of aryl methyl sites for hydroxylation is 1. The number of para-hydroxylation sites is 1. The van der Waals surface area contributed by atoms with E-state index in [1.807, 2.05) is 31.2 Å². The summed E-state index contributed by atoms with van der Waals surface area (Å²) in [5.74, 6) is 0.412. The number of anilines is 2. The van der Waals surface area contributed by atoms with Gasteiger partial charge in [0.1, 0.15) is 11.5 Å². The average Bonchev–Trinajstić information content (AvgIpc) is 2.89. The predicted molar refractivity (Wildman–Crippen MR) is 91.8 cm³/mol. The Balaban J connectivity index is 1.64. The van der Waals surface area contributed by atoms with Crippen LogP contribution in [0.25, 0.3) is 0 Å². The molecule has 3 rings (SSSR count). The number of nitrogens with zero attached hydrogens (tertiary/aromatic N) is 2. The van der Waals surface area contributed by atoms with Gasteiger partial charge in [-0.3, -0.25) is 4.79 Å². The summed E-state index contributed by atoms with van der Waals surface area (Å²) in [5, 5.41) is 5.83. The van der Waals surface area contributed by atoms with E-state index in [1.165, 1.54) is 12.4 Å². The molecule has 0 saturated carbocycles. The Kier molecular flexibility index (Phi) is 4.48. The predicted octanol–water partition coefficient (Wildman–Crippen LogP) is 1.64. The summed E-state index contributed by atoms with van der Waals surface area (Å²) in [6.07, 6.45) is 3.37. The summed E-state index contributed by atoms with van der Waals surface area (Å²) in [4.78, 5) is 20.4. The van der Waals surface area contributed by atoms with E-state index in [4.69, 9.17) is 0 Å². The maximum absolute atomic E-state index is 12.2. The molecule has 1 saturated heterocycles. The monoisotopic (exact) mass is 346 g/mol. The Morgan fingerprint density at radius 3 is 2.62 bits per heavy atom. The van der Waals surface area contributed by atoms with Crippen LogP contribution in [0.5, 0.6) is 0 Å². The molecule has 1 amide bonds. The number of carbonyl (C=O) groups excluding carboxylic acids is 1. The number of carbonyl (C=O) groups is 1. The largest absolute Gasteiger partial charge is 0.365 e. The highest BCUT2D eigenvalue weighted by Gasteiger charge is 2.27. The zero-order valence-electron chi connectivity index (χ0n) is 13.2. The fourth-order valence-electron chi connectivity index (χ4n) is 2.54. The van der Waals surface area contributed by atoms with Crippen LogP contribution in [0.1, 0.15) is 22.5 Å². The minimum atomic E-state index is -2.95. The Morgan fingerprint density at radius 1 is 1.21 bits per heavy atom. The van der Waals surface area contributed by atoms with Crippen LogP contribution in [-0.2, 0) is 9.84 Å². The zero-order valence-corrected chi connectivity index (χ0v) is 14.0. The van der Waals surface area contributed by atoms with Gasteiger partial charge in [-0.1, -0.05) is 18.2 Å². The summed E-state index contributed by atoms with van der Waals surface area (Å²) in [5.41, 5.74) is 1.88. The summed E-state index contributed by atoms with van der Waals surface area (Å²) in [6.45, 7) is 1.91. The van der Waals surface area contributed by atoms with Gasteiger partial charge in [0.05, 0.1) is 23.9 Å². The van der Waals surface area contributed by atoms with Crippen LogP contribution in [0.3, 0.4) is 0 Å². The third-order valence-electron chi connectivity index (χ3n) is 3.86. The normalized spacial score (nSPS) is 19.0. The summed E-state index contributed by atoms with van der Waals surface area (Å²) in [6, 6.07) is 7.31. The second-order valence-corrected chi connectivity index (χ2v) is 8.03. The Labute approximate surface area is 140 Å². The van der Waals surface area contributed by atoms with Crippen molar-refractivity contribution in [2.45, 2.75) is 19.4 Å². The van der Waals surface area contributed by atoms with Crippen molar-refractivity contribution in [1.29, 1.82) is 0 Å². The molecule has 1 atom stereocenters. The molecular formula is C16H18N4O3S. The van der Waals surface area contributed by atoms with Crippen molar-refractivity contribution in [2.75, 3.05) is 22.1 Å². The van der Waals surface area contributed by atoms with Gasteiger partial charge in [0.2, 0.25) is 0 Å². The third-order valence-corrected chi connectivity index (χ3v) is 5.63. The van der Waals surface area contributed by atoms with Crippen LogP contribution in [-0.4, -0.2) is 41.8 Å². The summed E-state index contributed by atoms with van der Waals surface area (Å²) in [7, 11) is -2.95. The van der Waals surface area contributed by atoms with Gasteiger partial charge in [0, 0.05) is 11.7 Å². The number of nitrogens with one attached hydrogen (secondary N) is 2. The number of aromatic nitrogens is 2. The molecule has 1 aromatic carbocycles. The van der Waals surface area contributed by atoms with Gasteiger partial charge in [-0.25, -0.2) is 18.4 Å². The van der Waals surface area contributed by atoms with Crippen LogP contribution < -0.4 is 10.6 Å². The van der Waals surface area contributed by atoms with Gasteiger partial charge in [0.25, 0.3) is 5.91 Å². The molecule has 2 N–H and O–H groups in total. The van der Waals surface area contributed by atoms with Crippen LogP contribution in [0, 0.1) is 6.92 Å². The van der Waals surface area contributed by atoms with Gasteiger partial charge in [0.15, 0.2) is 9.84 Å². The number of hydrogen-bond donors (Lipinski definition) is 2. The molecule has 24 heavy (non-hydrogen) atoms. The Morgan fingerprint density at radius 2 is 2.00 bits per heavy atom. The summed E-state index contributed by atoms with van der Waals surface area (Å²) >= 11 is 0. The van der Waals surface area contributed by atoms with Crippen molar-refractivity contribution in [3.8, 4) is 0 Å². The minimum absolute atomic E-state index is 0.101. The second-order valence-electron chi connectivity index (χ2n) is 5.80. The van der Waals surface area contributed by atoms with E-state index in [9.17, 15) is 13.2 Å². The second kappa shape index (κ2) is 6.56. The molecular weight excluding hydrogens is 328 g/mol. The minimum Gasteiger partial charge on any atom is -0.365 e. The highest BCUT2D eigenvalue weighted by atomic mass is 32.2. The lowest BCUT2D eigenvalue weighted by molar-refractivity contribution is 0.102. The third kappa shape index (κ3) is 3.88. The molecule has 126 valence electrons. The molecule has 0 aliphatic carbocycles. The van der Waals surface area contributed by atoms with E-state index in [0.717, 1.165) is 11.3 Å². The molecule has 1 aliphatic heterocycles. The van der Waals surface area contributed by atoms with Gasteiger partial charge in [-0.15, -0.1) is 0 Å². The maximum Gasteiger partial charge on any atom is 0.275 e. The first-order chi connectivity index (χ1) is 11.4. The Hall–Kier alpha value is -2.48. The molecule has 1 fully saturated rings. The lowest BCUT2D eigenvalue weighted by Gasteiger charge is -2.11. The number of sulfone groups is 1. The molecule has 1 aliphatic rings.